The topological polar surface area (TPSA) is 72.4 Å². The molecule has 0 saturated carbocycles. The summed E-state index contributed by atoms with van der Waals surface area (Å²) in [5.41, 5.74) is 0.315. The van der Waals surface area contributed by atoms with E-state index in [0.717, 1.165) is 0 Å². The van der Waals surface area contributed by atoms with Gasteiger partial charge >= 0.3 is 5.97 Å². The first-order chi connectivity index (χ1) is 9.08. The molecule has 1 unspecified atom stereocenters. The van der Waals surface area contributed by atoms with Crippen LogP contribution in [0.4, 0.5) is 5.82 Å². The number of ether oxygens (including phenoxy) is 1. The molecule has 0 saturated heterocycles. The minimum Gasteiger partial charge on any atom is -0.465 e. The van der Waals surface area contributed by atoms with Crippen molar-refractivity contribution in [2.24, 2.45) is 5.92 Å². The number of fused-ring (bicyclic) bond motifs is 1. The molecule has 0 aromatic carbocycles. The van der Waals surface area contributed by atoms with Gasteiger partial charge in [0.1, 0.15) is 11.7 Å². The van der Waals surface area contributed by atoms with E-state index >= 15 is 0 Å². The molecule has 1 aliphatic rings. The van der Waals surface area contributed by atoms with Crippen molar-refractivity contribution in [3.63, 3.8) is 0 Å². The van der Waals surface area contributed by atoms with E-state index in [1.54, 1.807) is 6.92 Å². The highest BCUT2D eigenvalue weighted by molar-refractivity contribution is 6.28. The molecule has 102 valence electrons. The Morgan fingerprint density at radius 2 is 2.32 bits per heavy atom. The van der Waals surface area contributed by atoms with Gasteiger partial charge < -0.3 is 9.64 Å². The number of nitrogens with zero attached hydrogens (tertiary/aromatic N) is 3. The summed E-state index contributed by atoms with van der Waals surface area (Å²) in [7, 11) is 0. The third-order valence-electron chi connectivity index (χ3n) is 2.98. The van der Waals surface area contributed by atoms with Crippen LogP contribution < -0.4 is 4.90 Å². The van der Waals surface area contributed by atoms with E-state index < -0.39 is 11.9 Å². The zero-order valence-electron chi connectivity index (χ0n) is 10.7. The first kappa shape index (κ1) is 13.7. The quantitative estimate of drug-likeness (QED) is 0.473. The van der Waals surface area contributed by atoms with Gasteiger partial charge in [-0.3, -0.25) is 9.59 Å². The van der Waals surface area contributed by atoms with Crippen LogP contribution in [-0.4, -0.2) is 41.4 Å². The Kier molecular flexibility index (Phi) is 3.99. The average Bonchev–Trinajstić information content (AvgIpc) is 2.39. The Labute approximate surface area is 115 Å². The van der Waals surface area contributed by atoms with Crippen molar-refractivity contribution in [1.29, 1.82) is 0 Å². The van der Waals surface area contributed by atoms with Gasteiger partial charge in [0.2, 0.25) is 5.28 Å². The van der Waals surface area contributed by atoms with E-state index in [-0.39, 0.29) is 24.2 Å². The highest BCUT2D eigenvalue weighted by atomic mass is 35.5. The Balaban J connectivity index is 2.39. The summed E-state index contributed by atoms with van der Waals surface area (Å²) >= 11 is 5.74. The van der Waals surface area contributed by atoms with Gasteiger partial charge in [0.05, 0.1) is 12.2 Å². The van der Waals surface area contributed by atoms with Crippen molar-refractivity contribution in [2.45, 2.75) is 13.8 Å². The zero-order chi connectivity index (χ0) is 14.0. The van der Waals surface area contributed by atoms with E-state index in [1.807, 2.05) is 11.8 Å². The van der Waals surface area contributed by atoms with Crippen LogP contribution in [0.5, 0.6) is 0 Å². The summed E-state index contributed by atoms with van der Waals surface area (Å²) in [6.07, 6.45) is 1.36. The number of halogens is 1. The largest absolute Gasteiger partial charge is 0.465 e. The molecule has 7 heteroatoms. The lowest BCUT2D eigenvalue weighted by atomic mass is 9.94. The summed E-state index contributed by atoms with van der Waals surface area (Å²) < 4.78 is 4.93. The molecule has 1 atom stereocenters. The van der Waals surface area contributed by atoms with Crippen molar-refractivity contribution in [3.05, 3.63) is 17.0 Å². The average molecular weight is 284 g/mol. The third-order valence-corrected chi connectivity index (χ3v) is 3.16. The first-order valence-corrected chi connectivity index (χ1v) is 6.44. The summed E-state index contributed by atoms with van der Waals surface area (Å²) in [6, 6.07) is 0. The van der Waals surface area contributed by atoms with Crippen molar-refractivity contribution >= 4 is 29.2 Å². The number of rotatable bonds is 3. The van der Waals surface area contributed by atoms with Crippen LogP contribution in [0.25, 0.3) is 0 Å². The smallest absolute Gasteiger partial charge is 0.318 e. The van der Waals surface area contributed by atoms with E-state index in [2.05, 4.69) is 9.97 Å². The molecule has 0 radical (unpaired) electrons. The molecule has 0 spiro atoms. The number of hydrogen-bond acceptors (Lipinski definition) is 6. The molecule has 0 fully saturated rings. The number of Topliss-reactive ketones (excluding diaryl/α,β-unsaturated/α-hetero) is 1. The fourth-order valence-electron chi connectivity index (χ4n) is 2.05. The van der Waals surface area contributed by atoms with Crippen LogP contribution in [0.1, 0.15) is 24.2 Å². The summed E-state index contributed by atoms with van der Waals surface area (Å²) in [4.78, 5) is 33.8. The maximum absolute atomic E-state index is 12.3. The van der Waals surface area contributed by atoms with Gasteiger partial charge in [0.25, 0.3) is 0 Å². The van der Waals surface area contributed by atoms with Crippen molar-refractivity contribution < 1.29 is 14.3 Å². The second-order valence-electron chi connectivity index (χ2n) is 4.08. The molecule has 0 bridgehead atoms. The maximum Gasteiger partial charge on any atom is 0.318 e. The minimum atomic E-state index is -0.822. The molecule has 2 rings (SSSR count). The van der Waals surface area contributed by atoms with Gasteiger partial charge in [0, 0.05) is 19.3 Å². The molecule has 1 aliphatic heterocycles. The van der Waals surface area contributed by atoms with E-state index in [4.69, 9.17) is 16.3 Å². The number of esters is 1. The Morgan fingerprint density at radius 3 is 2.95 bits per heavy atom. The Morgan fingerprint density at radius 1 is 1.58 bits per heavy atom. The van der Waals surface area contributed by atoms with Crippen LogP contribution in [0.15, 0.2) is 6.20 Å². The Hall–Kier alpha value is -1.69. The predicted octanol–water partition coefficient (Wildman–Crippen LogP) is 1.33. The van der Waals surface area contributed by atoms with Gasteiger partial charge in [-0.15, -0.1) is 0 Å². The van der Waals surface area contributed by atoms with Crippen molar-refractivity contribution in [2.75, 3.05) is 24.6 Å². The van der Waals surface area contributed by atoms with Gasteiger partial charge in [-0.2, -0.15) is 4.98 Å². The zero-order valence-corrected chi connectivity index (χ0v) is 11.5. The molecule has 6 nitrogen and oxygen atoms in total. The van der Waals surface area contributed by atoms with Crippen LogP contribution in [0.3, 0.4) is 0 Å². The maximum atomic E-state index is 12.3. The van der Waals surface area contributed by atoms with Crippen LogP contribution in [-0.2, 0) is 9.53 Å². The second-order valence-corrected chi connectivity index (χ2v) is 4.42. The van der Waals surface area contributed by atoms with Crippen molar-refractivity contribution in [1.82, 2.24) is 9.97 Å². The fraction of sp³-hybridized carbons (Fsp3) is 0.500. The Bertz CT molecular complexity index is 521. The number of carbonyl (C=O) groups is 2. The first-order valence-electron chi connectivity index (χ1n) is 6.06. The summed E-state index contributed by atoms with van der Waals surface area (Å²) in [5.74, 6) is -1.16. The molecule has 2 heterocycles. The van der Waals surface area contributed by atoms with Gasteiger partial charge in [-0.1, -0.05) is 0 Å². The lowest BCUT2D eigenvalue weighted by molar-refractivity contribution is -0.145. The summed E-state index contributed by atoms with van der Waals surface area (Å²) in [6.45, 7) is 4.74. The standard InChI is InChI=1S/C12H14ClN3O3/c1-3-16-6-8(11(18)19-4-2)9(17)7-5-14-12(13)15-10(7)16/h5,8H,3-4,6H2,1-2H3. The molecule has 19 heavy (non-hydrogen) atoms. The monoisotopic (exact) mass is 283 g/mol. The number of ketones is 1. The van der Waals surface area contributed by atoms with Crippen LogP contribution in [0, 0.1) is 5.92 Å². The number of aromatic nitrogens is 2. The van der Waals surface area contributed by atoms with Gasteiger partial charge in [-0.25, -0.2) is 4.98 Å². The second kappa shape index (κ2) is 5.52. The van der Waals surface area contributed by atoms with Crippen molar-refractivity contribution in [3.8, 4) is 0 Å². The lowest BCUT2D eigenvalue weighted by Gasteiger charge is -2.31. The fourth-order valence-corrected chi connectivity index (χ4v) is 2.18. The van der Waals surface area contributed by atoms with Gasteiger partial charge in [-0.05, 0) is 25.4 Å². The highest BCUT2D eigenvalue weighted by Crippen LogP contribution is 2.28. The SMILES string of the molecule is CCOC(=O)C1CN(CC)c2nc(Cl)ncc2C1=O. The van der Waals surface area contributed by atoms with E-state index in [1.165, 1.54) is 6.20 Å². The molecule has 1 aromatic heterocycles. The molecule has 0 amide bonds. The van der Waals surface area contributed by atoms with Gasteiger partial charge in [0.15, 0.2) is 5.78 Å². The predicted molar refractivity (Wildman–Crippen MR) is 69.4 cm³/mol. The van der Waals surface area contributed by atoms with E-state index in [9.17, 15) is 9.59 Å². The number of carbonyl (C=O) groups excluding carboxylic acids is 2. The summed E-state index contributed by atoms with van der Waals surface area (Å²) in [5, 5.41) is 0.0829. The molecule has 0 aliphatic carbocycles. The normalized spacial score (nSPS) is 18.2. The molecule has 0 N–H and O–H groups in total. The number of hydrogen-bond donors (Lipinski definition) is 0. The lowest BCUT2D eigenvalue weighted by Crippen LogP contribution is -2.44. The third kappa shape index (κ3) is 2.53. The van der Waals surface area contributed by atoms with Crippen LogP contribution >= 0.6 is 11.6 Å². The minimum absolute atomic E-state index is 0.0829. The van der Waals surface area contributed by atoms with E-state index in [0.29, 0.717) is 17.9 Å². The number of anilines is 1. The van der Waals surface area contributed by atoms with Crippen LogP contribution in [0.2, 0.25) is 5.28 Å². The highest BCUT2D eigenvalue weighted by Gasteiger charge is 2.38. The molecular weight excluding hydrogens is 270 g/mol. The molecule has 1 aromatic rings. The molecular formula is C12H14ClN3O3.